The van der Waals surface area contributed by atoms with Gasteiger partial charge in [0.1, 0.15) is 5.52 Å². The molecule has 1 N–H and O–H groups in total. The number of amides is 1. The van der Waals surface area contributed by atoms with Crippen molar-refractivity contribution in [3.63, 3.8) is 0 Å². The normalized spacial score (nSPS) is 20.7. The predicted molar refractivity (Wildman–Crippen MR) is 84.0 cm³/mol. The highest BCUT2D eigenvalue weighted by Gasteiger charge is 2.48. The number of nitrogens with one attached hydrogen (secondary N) is 1. The van der Waals surface area contributed by atoms with Gasteiger partial charge in [0.2, 0.25) is 0 Å². The average molecular weight is 300 g/mol. The topological polar surface area (TPSA) is 61.3 Å². The number of fused-ring (bicyclic) bond motifs is 1. The fourth-order valence-corrected chi connectivity index (χ4v) is 3.93. The van der Waals surface area contributed by atoms with Crippen molar-refractivity contribution in [2.45, 2.75) is 6.42 Å². The third-order valence-electron chi connectivity index (χ3n) is 5.09. The van der Waals surface area contributed by atoms with Crippen molar-refractivity contribution in [1.29, 1.82) is 0 Å². The molecule has 2 aliphatic heterocycles. The molecular formula is C16H20N4O2. The maximum Gasteiger partial charge on any atom is 0.274 e. The van der Waals surface area contributed by atoms with Gasteiger partial charge in [-0.2, -0.15) is 0 Å². The fraction of sp³-hybridized carbons (Fsp3) is 0.500. The number of hydrogen-bond acceptors (Lipinski definition) is 3. The lowest BCUT2D eigenvalue weighted by molar-refractivity contribution is 0.0119. The fourth-order valence-electron chi connectivity index (χ4n) is 3.93. The van der Waals surface area contributed by atoms with E-state index in [9.17, 15) is 9.59 Å². The number of carbonyl (C=O) groups is 1. The Balaban J connectivity index is 1.64. The minimum Gasteiger partial charge on any atom is -0.357 e. The van der Waals surface area contributed by atoms with Crippen LogP contribution in [0.15, 0.2) is 23.3 Å². The van der Waals surface area contributed by atoms with Crippen LogP contribution >= 0.6 is 0 Å². The van der Waals surface area contributed by atoms with E-state index >= 15 is 0 Å². The second kappa shape index (κ2) is 4.46. The first kappa shape index (κ1) is 13.6. The number of rotatable bonds is 1. The van der Waals surface area contributed by atoms with Gasteiger partial charge in [-0.05, 0) is 26.1 Å². The second-order valence-corrected chi connectivity index (χ2v) is 6.87. The first-order chi connectivity index (χ1) is 10.5. The van der Waals surface area contributed by atoms with Gasteiger partial charge < -0.3 is 19.4 Å². The van der Waals surface area contributed by atoms with Gasteiger partial charge in [-0.15, -0.1) is 0 Å². The highest BCUT2D eigenvalue weighted by atomic mass is 16.2. The van der Waals surface area contributed by atoms with Gasteiger partial charge in [-0.1, -0.05) is 0 Å². The molecule has 1 spiro atoms. The van der Waals surface area contributed by atoms with E-state index in [0.717, 1.165) is 31.6 Å². The Kier molecular flexibility index (Phi) is 2.75. The van der Waals surface area contributed by atoms with Gasteiger partial charge in [0, 0.05) is 49.9 Å². The molecule has 4 rings (SSSR count). The van der Waals surface area contributed by atoms with E-state index in [4.69, 9.17) is 0 Å². The third kappa shape index (κ3) is 1.83. The van der Waals surface area contributed by atoms with Crippen LogP contribution in [0.4, 0.5) is 0 Å². The summed E-state index contributed by atoms with van der Waals surface area (Å²) in [6.45, 7) is 3.84. The highest BCUT2D eigenvalue weighted by molar-refractivity contribution is 6.06. The van der Waals surface area contributed by atoms with Crippen molar-refractivity contribution in [3.8, 4) is 0 Å². The zero-order valence-electron chi connectivity index (χ0n) is 12.9. The summed E-state index contributed by atoms with van der Waals surface area (Å²) >= 11 is 0. The highest BCUT2D eigenvalue weighted by Crippen LogP contribution is 2.39. The molecule has 0 unspecified atom stereocenters. The van der Waals surface area contributed by atoms with Crippen LogP contribution in [-0.4, -0.2) is 58.5 Å². The Bertz CT molecular complexity index is 813. The number of carbonyl (C=O) groups excluding carboxylic acids is 1. The van der Waals surface area contributed by atoms with Crippen LogP contribution in [0.25, 0.3) is 10.9 Å². The molecule has 22 heavy (non-hydrogen) atoms. The van der Waals surface area contributed by atoms with E-state index in [0.29, 0.717) is 16.5 Å². The van der Waals surface area contributed by atoms with Crippen LogP contribution in [0.2, 0.25) is 0 Å². The molecular weight excluding hydrogens is 280 g/mol. The lowest BCUT2D eigenvalue weighted by atomic mass is 9.78. The summed E-state index contributed by atoms with van der Waals surface area (Å²) in [7, 11) is 3.82. The molecule has 4 heterocycles. The molecule has 1 amide bonds. The van der Waals surface area contributed by atoms with Crippen LogP contribution in [0.5, 0.6) is 0 Å². The Morgan fingerprint density at radius 3 is 2.73 bits per heavy atom. The minimum atomic E-state index is -0.103. The van der Waals surface area contributed by atoms with Crippen molar-refractivity contribution in [1.82, 2.24) is 19.4 Å². The second-order valence-electron chi connectivity index (χ2n) is 6.87. The van der Waals surface area contributed by atoms with Crippen molar-refractivity contribution in [3.05, 3.63) is 34.4 Å². The number of likely N-dealkylation sites (tertiary alicyclic amines) is 2. The molecule has 2 aliphatic rings. The third-order valence-corrected chi connectivity index (χ3v) is 5.09. The summed E-state index contributed by atoms with van der Waals surface area (Å²) < 4.78 is 1.48. The summed E-state index contributed by atoms with van der Waals surface area (Å²) in [5.41, 5.74) is 1.31. The summed E-state index contributed by atoms with van der Waals surface area (Å²) in [5, 5.41) is 0.720. The molecule has 2 saturated heterocycles. The van der Waals surface area contributed by atoms with Crippen molar-refractivity contribution in [2.75, 3.05) is 33.2 Å². The summed E-state index contributed by atoms with van der Waals surface area (Å²) in [5.74, 6) is 0.0281. The quantitative estimate of drug-likeness (QED) is 0.841. The van der Waals surface area contributed by atoms with Gasteiger partial charge in [-0.25, -0.2) is 0 Å². The SMILES string of the molecule is CN1CCC2(C1)CN(C(=O)c1cn(C)c(=O)c3[nH]ccc13)C2. The minimum absolute atomic E-state index is 0.0281. The number of aromatic nitrogens is 2. The number of nitrogens with zero attached hydrogens (tertiary/aromatic N) is 3. The van der Waals surface area contributed by atoms with E-state index in [2.05, 4.69) is 16.9 Å². The summed E-state index contributed by atoms with van der Waals surface area (Å²) in [4.78, 5) is 32.0. The number of hydrogen-bond donors (Lipinski definition) is 1. The lowest BCUT2D eigenvalue weighted by Crippen LogP contribution is -2.59. The number of aromatic amines is 1. The molecule has 0 radical (unpaired) electrons. The van der Waals surface area contributed by atoms with Gasteiger partial charge in [0.25, 0.3) is 11.5 Å². The Morgan fingerprint density at radius 1 is 1.27 bits per heavy atom. The monoisotopic (exact) mass is 300 g/mol. The zero-order chi connectivity index (χ0) is 15.5. The van der Waals surface area contributed by atoms with Crippen molar-refractivity contribution < 1.29 is 4.79 Å². The smallest absolute Gasteiger partial charge is 0.274 e. The molecule has 116 valence electrons. The molecule has 2 aromatic rings. The van der Waals surface area contributed by atoms with Crippen LogP contribution < -0.4 is 5.56 Å². The Hall–Kier alpha value is -2.08. The van der Waals surface area contributed by atoms with E-state index in [1.165, 1.54) is 11.0 Å². The molecule has 2 fully saturated rings. The first-order valence-corrected chi connectivity index (χ1v) is 7.64. The Morgan fingerprint density at radius 2 is 2.05 bits per heavy atom. The number of H-pyrrole nitrogens is 1. The van der Waals surface area contributed by atoms with Gasteiger partial charge >= 0.3 is 0 Å². The maximum absolute atomic E-state index is 12.8. The zero-order valence-corrected chi connectivity index (χ0v) is 12.9. The first-order valence-electron chi connectivity index (χ1n) is 7.64. The van der Waals surface area contributed by atoms with Crippen molar-refractivity contribution >= 4 is 16.8 Å². The molecule has 6 heteroatoms. The van der Waals surface area contributed by atoms with E-state index in [1.54, 1.807) is 19.4 Å². The molecule has 0 saturated carbocycles. The molecule has 0 atom stereocenters. The van der Waals surface area contributed by atoms with Gasteiger partial charge in [-0.3, -0.25) is 9.59 Å². The summed E-state index contributed by atoms with van der Waals surface area (Å²) in [6.07, 6.45) is 4.54. The van der Waals surface area contributed by atoms with Crippen LogP contribution in [0.3, 0.4) is 0 Å². The molecule has 0 bridgehead atoms. The van der Waals surface area contributed by atoms with Gasteiger partial charge in [0.05, 0.1) is 5.56 Å². The lowest BCUT2D eigenvalue weighted by Gasteiger charge is -2.48. The summed E-state index contributed by atoms with van der Waals surface area (Å²) in [6, 6.07) is 1.81. The standard InChI is InChI=1S/C16H20N4O2/c1-18-6-4-16(8-18)9-20(10-16)14(21)12-7-19(2)15(22)13-11(12)3-5-17-13/h3,5,7,17H,4,6,8-10H2,1-2H3. The van der Waals surface area contributed by atoms with E-state index in [-0.39, 0.29) is 11.5 Å². The average Bonchev–Trinajstić information content (AvgIpc) is 3.07. The largest absolute Gasteiger partial charge is 0.357 e. The van der Waals surface area contributed by atoms with Gasteiger partial charge in [0.15, 0.2) is 0 Å². The van der Waals surface area contributed by atoms with Crippen LogP contribution in [-0.2, 0) is 7.05 Å². The molecule has 0 aromatic carbocycles. The molecule has 2 aromatic heterocycles. The van der Waals surface area contributed by atoms with E-state index in [1.807, 2.05) is 11.0 Å². The maximum atomic E-state index is 12.8. The van der Waals surface area contributed by atoms with Crippen LogP contribution in [0, 0.1) is 5.41 Å². The van der Waals surface area contributed by atoms with Crippen molar-refractivity contribution in [2.24, 2.45) is 12.5 Å². The molecule has 6 nitrogen and oxygen atoms in total. The Labute approximate surface area is 128 Å². The molecule has 0 aliphatic carbocycles. The number of pyridine rings is 1. The predicted octanol–water partition coefficient (Wildman–Crippen LogP) is 0.644. The van der Waals surface area contributed by atoms with E-state index < -0.39 is 0 Å². The van der Waals surface area contributed by atoms with Crippen LogP contribution in [0.1, 0.15) is 16.8 Å². The number of aryl methyl sites for hydroxylation is 1.